The Hall–Kier alpha value is -1.94. The fourth-order valence-electron chi connectivity index (χ4n) is 4.66. The number of likely N-dealkylation sites (tertiary alicyclic amines) is 1. The molecule has 1 N–H and O–H groups in total. The van der Waals surface area contributed by atoms with Gasteiger partial charge in [0.2, 0.25) is 11.5 Å². The number of amides is 1. The van der Waals surface area contributed by atoms with E-state index in [-0.39, 0.29) is 19.0 Å². The second-order valence-electron chi connectivity index (χ2n) is 9.54. The van der Waals surface area contributed by atoms with Crippen LogP contribution in [0.5, 0.6) is 0 Å². The Kier molecular flexibility index (Phi) is 6.06. The lowest BCUT2D eigenvalue weighted by Crippen LogP contribution is -2.58. The molecule has 0 spiro atoms. The third kappa shape index (κ3) is 4.41. The molecule has 2 heterocycles. The van der Waals surface area contributed by atoms with E-state index in [1.807, 2.05) is 0 Å². The molecule has 1 saturated carbocycles. The number of hydrogen-bond donors (Lipinski definition) is 1. The number of hydrogen-bond acceptors (Lipinski definition) is 3. The van der Waals surface area contributed by atoms with E-state index in [0.717, 1.165) is 25.0 Å². The molecule has 188 valence electrons. The van der Waals surface area contributed by atoms with Crippen molar-refractivity contribution < 1.29 is 31.6 Å². The Labute approximate surface area is 208 Å². The second kappa shape index (κ2) is 8.57. The average molecular weight is 535 g/mol. The van der Waals surface area contributed by atoms with Gasteiger partial charge in [-0.3, -0.25) is 9.63 Å². The van der Waals surface area contributed by atoms with Gasteiger partial charge in [0.05, 0.1) is 29.2 Å². The van der Waals surface area contributed by atoms with Crippen LogP contribution in [-0.2, 0) is 20.9 Å². The third-order valence-electron chi connectivity index (χ3n) is 7.00. The van der Waals surface area contributed by atoms with Crippen molar-refractivity contribution in [3.05, 3.63) is 69.0 Å². The fourth-order valence-corrected chi connectivity index (χ4v) is 5.15. The van der Waals surface area contributed by atoms with Gasteiger partial charge in [-0.2, -0.15) is 18.7 Å². The molecule has 4 nitrogen and oxygen atoms in total. The van der Waals surface area contributed by atoms with Crippen molar-refractivity contribution in [1.29, 1.82) is 0 Å². The van der Waals surface area contributed by atoms with Crippen molar-refractivity contribution >= 4 is 29.1 Å². The summed E-state index contributed by atoms with van der Waals surface area (Å²) in [5.41, 5.74) is -1.71. The number of hydroxylamine groups is 1. The summed E-state index contributed by atoms with van der Waals surface area (Å²) in [5, 5.41) is -1.10. The highest BCUT2D eigenvalue weighted by atomic mass is 35.5. The van der Waals surface area contributed by atoms with E-state index < -0.39 is 51.3 Å². The molecule has 2 aliphatic heterocycles. The van der Waals surface area contributed by atoms with E-state index in [0.29, 0.717) is 23.5 Å². The molecular weight excluding hydrogens is 514 g/mol. The Morgan fingerprint density at radius 3 is 2.23 bits per heavy atom. The van der Waals surface area contributed by atoms with Gasteiger partial charge in [-0.15, -0.1) is 0 Å². The molecule has 35 heavy (non-hydrogen) atoms. The number of alkyl halides is 4. The molecule has 5 rings (SSSR count). The first kappa shape index (κ1) is 24.7. The number of benzene rings is 2. The van der Waals surface area contributed by atoms with Gasteiger partial charge in [-0.25, -0.2) is 8.78 Å². The van der Waals surface area contributed by atoms with Gasteiger partial charge in [0.15, 0.2) is 11.5 Å². The van der Waals surface area contributed by atoms with Crippen molar-refractivity contribution in [1.82, 2.24) is 10.4 Å². The standard InChI is InChI=1S/C24H21Cl2F5N2O2/c25-17-8-16(9-18(26)21(17)27)23(24(29,30)31)10-19(32-35-23)14-3-5-15(6-4-14)22(28)11-33(12-22)20(34)7-13-1-2-13/h3-6,8-9,13,19,32H,1-2,7,10-12H2. The van der Waals surface area contributed by atoms with Crippen LogP contribution in [-0.4, -0.2) is 30.1 Å². The maximum atomic E-state index is 15.3. The van der Waals surface area contributed by atoms with Crippen LogP contribution in [0.4, 0.5) is 22.0 Å². The summed E-state index contributed by atoms with van der Waals surface area (Å²) < 4.78 is 71.6. The van der Waals surface area contributed by atoms with E-state index in [2.05, 4.69) is 5.48 Å². The first-order chi connectivity index (χ1) is 16.4. The summed E-state index contributed by atoms with van der Waals surface area (Å²) in [6, 6.07) is 6.90. The van der Waals surface area contributed by atoms with Gasteiger partial charge in [0.1, 0.15) is 0 Å². The largest absolute Gasteiger partial charge is 0.423 e. The molecule has 0 radical (unpaired) electrons. The first-order valence-corrected chi connectivity index (χ1v) is 11.9. The zero-order valence-electron chi connectivity index (χ0n) is 18.3. The highest BCUT2D eigenvalue weighted by Gasteiger charge is 2.62. The van der Waals surface area contributed by atoms with Crippen LogP contribution in [0.1, 0.15) is 48.4 Å². The summed E-state index contributed by atoms with van der Waals surface area (Å²) in [6.45, 7) is -0.0715. The zero-order valence-corrected chi connectivity index (χ0v) is 19.8. The monoisotopic (exact) mass is 534 g/mol. The van der Waals surface area contributed by atoms with Crippen molar-refractivity contribution in [2.75, 3.05) is 13.1 Å². The molecular formula is C24H21Cl2F5N2O2. The number of nitrogens with one attached hydrogen (secondary N) is 1. The lowest BCUT2D eigenvalue weighted by molar-refractivity contribution is -0.282. The Balaban J connectivity index is 1.32. The van der Waals surface area contributed by atoms with E-state index >= 15 is 4.39 Å². The third-order valence-corrected chi connectivity index (χ3v) is 7.55. The van der Waals surface area contributed by atoms with Gasteiger partial charge in [-0.1, -0.05) is 47.5 Å². The van der Waals surface area contributed by atoms with Gasteiger partial charge >= 0.3 is 6.18 Å². The van der Waals surface area contributed by atoms with Crippen LogP contribution >= 0.6 is 23.2 Å². The molecule has 2 unspecified atom stereocenters. The van der Waals surface area contributed by atoms with Gasteiger partial charge in [0.25, 0.3) is 0 Å². The number of rotatable bonds is 5. The van der Waals surface area contributed by atoms with E-state index in [1.54, 1.807) is 0 Å². The number of carbonyl (C=O) groups is 1. The van der Waals surface area contributed by atoms with E-state index in [1.165, 1.54) is 29.2 Å². The number of nitrogens with zero attached hydrogens (tertiary/aromatic N) is 1. The minimum Gasteiger partial charge on any atom is -0.335 e. The molecule has 2 saturated heterocycles. The van der Waals surface area contributed by atoms with Gasteiger partial charge < -0.3 is 4.90 Å². The molecule has 3 fully saturated rings. The molecule has 2 aromatic rings. The lowest BCUT2D eigenvalue weighted by atomic mass is 9.84. The Morgan fingerprint density at radius 2 is 1.69 bits per heavy atom. The van der Waals surface area contributed by atoms with Gasteiger partial charge in [0, 0.05) is 12.8 Å². The van der Waals surface area contributed by atoms with E-state index in [9.17, 15) is 22.4 Å². The zero-order chi connectivity index (χ0) is 25.2. The maximum Gasteiger partial charge on any atom is 0.423 e. The fraction of sp³-hybridized carbons (Fsp3) is 0.458. The Morgan fingerprint density at radius 1 is 1.09 bits per heavy atom. The summed E-state index contributed by atoms with van der Waals surface area (Å²) in [7, 11) is 0. The van der Waals surface area contributed by atoms with Crippen LogP contribution in [0, 0.1) is 11.7 Å². The van der Waals surface area contributed by atoms with Crippen LogP contribution in [0.2, 0.25) is 10.0 Å². The summed E-state index contributed by atoms with van der Waals surface area (Å²) in [5.74, 6) is -0.644. The molecule has 11 heteroatoms. The van der Waals surface area contributed by atoms with E-state index in [4.69, 9.17) is 28.0 Å². The molecule has 1 aliphatic carbocycles. The van der Waals surface area contributed by atoms with Crippen molar-refractivity contribution in [3.63, 3.8) is 0 Å². The molecule has 0 aromatic heterocycles. The molecule has 1 amide bonds. The molecule has 2 aromatic carbocycles. The first-order valence-electron chi connectivity index (χ1n) is 11.1. The van der Waals surface area contributed by atoms with Gasteiger partial charge in [-0.05, 0) is 47.6 Å². The van der Waals surface area contributed by atoms with Crippen LogP contribution in [0.15, 0.2) is 36.4 Å². The maximum absolute atomic E-state index is 15.3. The number of halogens is 7. The SMILES string of the molecule is O=C(CC1CC1)N1CC(F)(c2ccc(C3CC(c4cc(Cl)c(F)c(Cl)c4)(C(F)(F)F)ON3)cc2)C1. The summed E-state index contributed by atoms with van der Waals surface area (Å²) >= 11 is 11.5. The smallest absolute Gasteiger partial charge is 0.335 e. The minimum absolute atomic E-state index is 0.0358. The second-order valence-corrected chi connectivity index (χ2v) is 10.4. The molecule has 2 atom stereocenters. The Bertz CT molecular complexity index is 1130. The quantitative estimate of drug-likeness (QED) is 0.358. The summed E-state index contributed by atoms with van der Waals surface area (Å²) in [4.78, 5) is 18.7. The normalized spacial score (nSPS) is 26.0. The highest BCUT2D eigenvalue weighted by Crippen LogP contribution is 2.52. The van der Waals surface area contributed by atoms with Crippen molar-refractivity contribution in [2.24, 2.45) is 5.92 Å². The lowest BCUT2D eigenvalue weighted by Gasteiger charge is -2.45. The number of carbonyl (C=O) groups excluding carboxylic acids is 1. The van der Waals surface area contributed by atoms with Crippen LogP contribution in [0.3, 0.4) is 0 Å². The molecule has 0 bridgehead atoms. The highest BCUT2D eigenvalue weighted by molar-refractivity contribution is 6.35. The minimum atomic E-state index is -4.87. The van der Waals surface area contributed by atoms with Crippen LogP contribution in [0.25, 0.3) is 0 Å². The van der Waals surface area contributed by atoms with Crippen molar-refractivity contribution in [3.8, 4) is 0 Å². The topological polar surface area (TPSA) is 41.6 Å². The van der Waals surface area contributed by atoms with Crippen molar-refractivity contribution in [2.45, 2.75) is 49.2 Å². The summed E-state index contributed by atoms with van der Waals surface area (Å²) in [6.07, 6.45) is -2.91. The predicted octanol–water partition coefficient (Wildman–Crippen LogP) is 6.36. The van der Waals surface area contributed by atoms with Crippen LogP contribution < -0.4 is 5.48 Å². The average Bonchev–Trinajstić information content (AvgIpc) is 3.47. The molecule has 3 aliphatic rings. The predicted molar refractivity (Wildman–Crippen MR) is 119 cm³/mol.